The first-order chi connectivity index (χ1) is 5.45. The summed E-state index contributed by atoms with van der Waals surface area (Å²) in [5, 5.41) is 8.42. The van der Waals surface area contributed by atoms with Gasteiger partial charge < -0.3 is 0 Å². The van der Waals surface area contributed by atoms with Gasteiger partial charge in [0.2, 0.25) is 0 Å². The van der Waals surface area contributed by atoms with Crippen LogP contribution < -0.4 is 0 Å². The molecule has 1 saturated carbocycles. The Bertz CT molecular complexity index is 203. The maximum atomic E-state index is 4.08. The normalized spacial score (nSPS) is 19.3. The predicted molar refractivity (Wildman–Crippen MR) is 44.5 cm³/mol. The van der Waals surface area contributed by atoms with Gasteiger partial charge in [-0.2, -0.15) is 5.10 Å². The Hall–Kier alpha value is -0.510. The first-order valence-electron chi connectivity index (χ1n) is 3.97. The Balaban J connectivity index is 1.90. The molecule has 2 rings (SSSR count). The van der Waals surface area contributed by atoms with E-state index in [1.54, 1.807) is 6.33 Å². The van der Waals surface area contributed by atoms with Gasteiger partial charge in [0, 0.05) is 5.25 Å². The van der Waals surface area contributed by atoms with Gasteiger partial charge in [0.25, 0.3) is 0 Å². The average Bonchev–Trinajstić information content (AvgIpc) is 2.60. The molecule has 0 bridgehead atoms. The van der Waals surface area contributed by atoms with Crippen molar-refractivity contribution < 1.29 is 0 Å². The molecule has 60 valence electrons. The highest BCUT2D eigenvalue weighted by molar-refractivity contribution is 7.99. The molecule has 0 unspecified atom stereocenters. The fourth-order valence-electron chi connectivity index (χ4n) is 1.42. The standard InChI is InChI=1S/C7H11N3S/c1-2-4-6(3-1)11-7-8-5-9-10-7/h5-6H,1-4H2,(H,8,9,10). The molecule has 1 aromatic rings. The fraction of sp³-hybridized carbons (Fsp3) is 0.714. The molecule has 11 heavy (non-hydrogen) atoms. The lowest BCUT2D eigenvalue weighted by Crippen LogP contribution is -1.93. The van der Waals surface area contributed by atoms with Crippen LogP contribution >= 0.6 is 11.8 Å². The molecule has 0 aromatic carbocycles. The van der Waals surface area contributed by atoms with Gasteiger partial charge in [0.15, 0.2) is 5.16 Å². The van der Waals surface area contributed by atoms with Crippen LogP contribution in [0.4, 0.5) is 0 Å². The molecule has 0 aliphatic heterocycles. The molecule has 3 nitrogen and oxygen atoms in total. The molecule has 0 amide bonds. The smallest absolute Gasteiger partial charge is 0.183 e. The van der Waals surface area contributed by atoms with E-state index in [-0.39, 0.29) is 0 Å². The maximum absolute atomic E-state index is 4.08. The van der Waals surface area contributed by atoms with E-state index in [9.17, 15) is 0 Å². The van der Waals surface area contributed by atoms with E-state index in [1.165, 1.54) is 25.7 Å². The van der Waals surface area contributed by atoms with E-state index in [1.807, 2.05) is 11.8 Å². The van der Waals surface area contributed by atoms with Gasteiger partial charge in [-0.25, -0.2) is 4.98 Å². The zero-order valence-corrected chi connectivity index (χ0v) is 7.10. The Morgan fingerprint density at radius 3 is 2.91 bits per heavy atom. The van der Waals surface area contributed by atoms with Crippen LogP contribution in [-0.2, 0) is 0 Å². The lowest BCUT2D eigenvalue weighted by Gasteiger charge is -2.03. The van der Waals surface area contributed by atoms with Crippen molar-refractivity contribution in [2.75, 3.05) is 0 Å². The van der Waals surface area contributed by atoms with Crippen LogP contribution in [0.25, 0.3) is 0 Å². The third-order valence-corrected chi connectivity index (χ3v) is 3.20. The molecule has 4 heteroatoms. The summed E-state index contributed by atoms with van der Waals surface area (Å²) in [5.41, 5.74) is 0. The van der Waals surface area contributed by atoms with E-state index in [0.717, 1.165) is 10.4 Å². The van der Waals surface area contributed by atoms with Crippen molar-refractivity contribution in [1.82, 2.24) is 15.2 Å². The molecule has 1 heterocycles. The van der Waals surface area contributed by atoms with Gasteiger partial charge in [0.1, 0.15) is 6.33 Å². The Labute approximate surface area is 70.0 Å². The Kier molecular flexibility index (Phi) is 2.12. The van der Waals surface area contributed by atoms with Gasteiger partial charge in [-0.15, -0.1) is 0 Å². The van der Waals surface area contributed by atoms with Crippen LogP contribution in [0, 0.1) is 0 Å². The van der Waals surface area contributed by atoms with Crippen LogP contribution in [0.5, 0.6) is 0 Å². The second-order valence-electron chi connectivity index (χ2n) is 2.81. The van der Waals surface area contributed by atoms with Crippen LogP contribution in [0.3, 0.4) is 0 Å². The quantitative estimate of drug-likeness (QED) is 0.734. The molecule has 0 saturated heterocycles. The van der Waals surface area contributed by atoms with E-state index in [0.29, 0.717) is 0 Å². The van der Waals surface area contributed by atoms with Crippen LogP contribution in [0.15, 0.2) is 11.5 Å². The molecule has 1 aromatic heterocycles. The number of rotatable bonds is 2. The number of aromatic amines is 1. The fourth-order valence-corrected chi connectivity index (χ4v) is 2.51. The van der Waals surface area contributed by atoms with Gasteiger partial charge in [-0.3, -0.25) is 5.10 Å². The van der Waals surface area contributed by atoms with Crippen molar-refractivity contribution in [3.8, 4) is 0 Å². The largest absolute Gasteiger partial charge is 0.254 e. The van der Waals surface area contributed by atoms with E-state index < -0.39 is 0 Å². The zero-order valence-electron chi connectivity index (χ0n) is 6.29. The molecular weight excluding hydrogens is 158 g/mol. The molecular formula is C7H11N3S. The van der Waals surface area contributed by atoms with E-state index >= 15 is 0 Å². The minimum Gasteiger partial charge on any atom is -0.254 e. The van der Waals surface area contributed by atoms with Crippen molar-refractivity contribution in [2.45, 2.75) is 36.1 Å². The number of hydrogen-bond donors (Lipinski definition) is 1. The van der Waals surface area contributed by atoms with Crippen molar-refractivity contribution in [2.24, 2.45) is 0 Å². The van der Waals surface area contributed by atoms with Crippen LogP contribution in [-0.4, -0.2) is 20.4 Å². The Morgan fingerprint density at radius 1 is 1.45 bits per heavy atom. The van der Waals surface area contributed by atoms with Gasteiger partial charge in [-0.05, 0) is 12.8 Å². The van der Waals surface area contributed by atoms with Gasteiger partial charge >= 0.3 is 0 Å². The summed E-state index contributed by atoms with van der Waals surface area (Å²) in [6.07, 6.45) is 7.01. The van der Waals surface area contributed by atoms with Crippen molar-refractivity contribution >= 4 is 11.8 Å². The van der Waals surface area contributed by atoms with E-state index in [4.69, 9.17) is 0 Å². The summed E-state index contributed by atoms with van der Waals surface area (Å²) >= 11 is 1.83. The highest BCUT2D eigenvalue weighted by Gasteiger charge is 2.16. The van der Waals surface area contributed by atoms with E-state index in [2.05, 4.69) is 15.2 Å². The van der Waals surface area contributed by atoms with Gasteiger partial charge in [0.05, 0.1) is 0 Å². The first-order valence-corrected chi connectivity index (χ1v) is 4.85. The summed E-state index contributed by atoms with van der Waals surface area (Å²) in [6, 6.07) is 0. The molecule has 0 radical (unpaired) electrons. The number of nitrogens with one attached hydrogen (secondary N) is 1. The second kappa shape index (κ2) is 3.26. The first kappa shape index (κ1) is 7.16. The second-order valence-corrected chi connectivity index (χ2v) is 4.10. The third kappa shape index (κ3) is 1.74. The number of H-pyrrole nitrogens is 1. The maximum Gasteiger partial charge on any atom is 0.183 e. The highest BCUT2D eigenvalue weighted by atomic mass is 32.2. The van der Waals surface area contributed by atoms with Crippen molar-refractivity contribution in [3.05, 3.63) is 6.33 Å². The van der Waals surface area contributed by atoms with Crippen molar-refractivity contribution in [1.29, 1.82) is 0 Å². The summed E-state index contributed by atoms with van der Waals surface area (Å²) in [7, 11) is 0. The van der Waals surface area contributed by atoms with Crippen LogP contribution in [0.2, 0.25) is 0 Å². The highest BCUT2D eigenvalue weighted by Crippen LogP contribution is 2.32. The molecule has 0 spiro atoms. The SMILES string of the molecule is c1n[nH]c(SC2CCCC2)n1. The van der Waals surface area contributed by atoms with Crippen molar-refractivity contribution in [3.63, 3.8) is 0 Å². The molecule has 1 aliphatic carbocycles. The summed E-state index contributed by atoms with van der Waals surface area (Å²) in [5.74, 6) is 0. The molecule has 1 aliphatic rings. The third-order valence-electron chi connectivity index (χ3n) is 1.97. The van der Waals surface area contributed by atoms with Gasteiger partial charge in [-0.1, -0.05) is 24.6 Å². The number of nitrogens with zero attached hydrogens (tertiary/aromatic N) is 2. The number of aromatic nitrogens is 3. The lowest BCUT2D eigenvalue weighted by atomic mass is 10.4. The summed E-state index contributed by atoms with van der Waals surface area (Å²) < 4.78 is 0. The minimum absolute atomic E-state index is 0.781. The summed E-state index contributed by atoms with van der Waals surface area (Å²) in [6.45, 7) is 0. The Morgan fingerprint density at radius 2 is 2.27 bits per heavy atom. The van der Waals surface area contributed by atoms with Crippen LogP contribution in [0.1, 0.15) is 25.7 Å². The zero-order chi connectivity index (χ0) is 7.52. The average molecular weight is 169 g/mol. The molecule has 0 atom stereocenters. The topological polar surface area (TPSA) is 41.6 Å². The summed E-state index contributed by atoms with van der Waals surface area (Å²) in [4.78, 5) is 4.08. The number of thioether (sulfide) groups is 1. The molecule has 1 fully saturated rings. The number of hydrogen-bond acceptors (Lipinski definition) is 3. The monoisotopic (exact) mass is 169 g/mol. The minimum atomic E-state index is 0.781. The molecule has 1 N–H and O–H groups in total. The predicted octanol–water partition coefficient (Wildman–Crippen LogP) is 1.84. The lowest BCUT2D eigenvalue weighted by molar-refractivity contribution is 0.886.